The van der Waals surface area contributed by atoms with Crippen molar-refractivity contribution in [3.05, 3.63) is 47.0 Å². The first kappa shape index (κ1) is 18.5. The molecule has 1 aliphatic carbocycles. The third kappa shape index (κ3) is 3.75. The maximum Gasteiger partial charge on any atom is 0.260 e. The molecule has 6 heteroatoms. The van der Waals surface area contributed by atoms with Crippen LogP contribution in [0.5, 0.6) is 11.5 Å². The van der Waals surface area contributed by atoms with E-state index in [0.717, 1.165) is 23.7 Å². The first-order chi connectivity index (χ1) is 12.7. The van der Waals surface area contributed by atoms with Gasteiger partial charge in [-0.05, 0) is 50.8 Å². The van der Waals surface area contributed by atoms with Crippen molar-refractivity contribution in [1.29, 1.82) is 0 Å². The lowest BCUT2D eigenvalue weighted by Gasteiger charge is -2.19. The van der Waals surface area contributed by atoms with Crippen LogP contribution < -0.4 is 14.4 Å². The molecule has 0 atom stereocenters. The van der Waals surface area contributed by atoms with Crippen LogP contribution >= 0.6 is 11.3 Å². The van der Waals surface area contributed by atoms with Crippen molar-refractivity contribution in [2.24, 2.45) is 0 Å². The van der Waals surface area contributed by atoms with Crippen LogP contribution in [0, 0.1) is 0 Å². The maximum atomic E-state index is 13.1. The van der Waals surface area contributed by atoms with E-state index in [1.807, 2.05) is 6.92 Å². The third-order valence-corrected chi connectivity index (χ3v) is 5.51. The molecule has 1 aliphatic rings. The Labute approximate surface area is 158 Å². The molecule has 5 nitrogen and oxygen atoms in total. The average molecular weight is 372 g/mol. The molecule has 1 aromatic carbocycles. The average Bonchev–Trinajstić information content (AvgIpc) is 3.10. The number of fused-ring (bicyclic) bond motifs is 1. The Morgan fingerprint density at radius 1 is 1.35 bits per heavy atom. The first-order valence-electron chi connectivity index (χ1n) is 8.90. The molecule has 1 aromatic heterocycles. The van der Waals surface area contributed by atoms with Crippen molar-refractivity contribution in [2.45, 2.75) is 32.6 Å². The van der Waals surface area contributed by atoms with E-state index in [0.29, 0.717) is 30.2 Å². The highest BCUT2D eigenvalue weighted by Gasteiger charge is 2.24. The van der Waals surface area contributed by atoms with Crippen LogP contribution in [0.2, 0.25) is 0 Å². The quantitative estimate of drug-likeness (QED) is 0.682. The summed E-state index contributed by atoms with van der Waals surface area (Å²) in [6, 6.07) is 5.25. The van der Waals surface area contributed by atoms with Gasteiger partial charge in [-0.2, -0.15) is 0 Å². The van der Waals surface area contributed by atoms with Crippen molar-refractivity contribution in [1.82, 2.24) is 4.98 Å². The van der Waals surface area contributed by atoms with E-state index in [1.54, 1.807) is 47.6 Å². The lowest BCUT2D eigenvalue weighted by molar-refractivity contribution is 0.0989. The standard InChI is InChI=1S/C20H24N2O3S/c1-4-12-22(20-21-15-8-6-7-9-18(15)26-20)19(23)14-10-11-16(25-5-2)17(13-14)24-3/h4,10-11,13H,1,5-9,12H2,2-3H3. The predicted molar refractivity (Wildman–Crippen MR) is 105 cm³/mol. The molecule has 0 saturated heterocycles. The van der Waals surface area contributed by atoms with Crippen LogP contribution in [0.25, 0.3) is 0 Å². The largest absolute Gasteiger partial charge is 0.493 e. The van der Waals surface area contributed by atoms with E-state index in [4.69, 9.17) is 14.5 Å². The molecule has 1 amide bonds. The Balaban J connectivity index is 1.91. The number of thiazole rings is 1. The molecule has 0 spiro atoms. The van der Waals surface area contributed by atoms with Crippen LogP contribution in [-0.4, -0.2) is 31.2 Å². The monoisotopic (exact) mass is 372 g/mol. The van der Waals surface area contributed by atoms with Crippen LogP contribution in [0.3, 0.4) is 0 Å². The topological polar surface area (TPSA) is 51.7 Å². The molecule has 1 heterocycles. The minimum atomic E-state index is -0.114. The summed E-state index contributed by atoms with van der Waals surface area (Å²) in [7, 11) is 1.57. The van der Waals surface area contributed by atoms with E-state index in [2.05, 4.69) is 6.58 Å². The van der Waals surface area contributed by atoms with Gasteiger partial charge in [0.1, 0.15) is 0 Å². The van der Waals surface area contributed by atoms with Gasteiger partial charge in [-0.25, -0.2) is 4.98 Å². The molecular formula is C20H24N2O3S. The van der Waals surface area contributed by atoms with Gasteiger partial charge in [0, 0.05) is 17.0 Å². The molecule has 0 radical (unpaired) electrons. The van der Waals surface area contributed by atoms with Crippen molar-refractivity contribution >= 4 is 22.4 Å². The normalized spacial score (nSPS) is 13.0. The van der Waals surface area contributed by atoms with Crippen molar-refractivity contribution in [3.63, 3.8) is 0 Å². The van der Waals surface area contributed by atoms with Crippen molar-refractivity contribution in [2.75, 3.05) is 25.2 Å². The number of rotatable bonds is 7. The number of methoxy groups -OCH3 is 1. The summed E-state index contributed by atoms with van der Waals surface area (Å²) in [6.07, 6.45) is 6.14. The highest BCUT2D eigenvalue weighted by molar-refractivity contribution is 7.16. The highest BCUT2D eigenvalue weighted by atomic mass is 32.1. The SMILES string of the molecule is C=CCN(C(=O)c1ccc(OCC)c(OC)c1)c1nc2c(s1)CCCC2. The van der Waals surface area contributed by atoms with Gasteiger partial charge in [-0.1, -0.05) is 6.08 Å². The molecule has 0 N–H and O–H groups in total. The van der Waals surface area contributed by atoms with E-state index >= 15 is 0 Å². The number of amides is 1. The summed E-state index contributed by atoms with van der Waals surface area (Å²) >= 11 is 1.62. The van der Waals surface area contributed by atoms with Crippen molar-refractivity contribution < 1.29 is 14.3 Å². The second-order valence-electron chi connectivity index (χ2n) is 6.08. The summed E-state index contributed by atoms with van der Waals surface area (Å²) in [4.78, 5) is 20.8. The second kappa shape index (κ2) is 8.36. The van der Waals surface area contributed by atoms with Crippen LogP contribution in [-0.2, 0) is 12.8 Å². The zero-order valence-corrected chi connectivity index (χ0v) is 16.1. The van der Waals surface area contributed by atoms with E-state index in [9.17, 15) is 4.79 Å². The van der Waals surface area contributed by atoms with Gasteiger partial charge >= 0.3 is 0 Å². The summed E-state index contributed by atoms with van der Waals surface area (Å²) in [5.74, 6) is 1.07. The van der Waals surface area contributed by atoms with Crippen LogP contribution in [0.4, 0.5) is 5.13 Å². The number of hydrogen-bond donors (Lipinski definition) is 0. The summed E-state index contributed by atoms with van der Waals surface area (Å²) in [5, 5.41) is 0.745. The van der Waals surface area contributed by atoms with E-state index in [-0.39, 0.29) is 5.91 Å². The Morgan fingerprint density at radius 2 is 2.15 bits per heavy atom. The highest BCUT2D eigenvalue weighted by Crippen LogP contribution is 2.33. The van der Waals surface area contributed by atoms with Gasteiger partial charge in [0.25, 0.3) is 5.91 Å². The molecule has 138 valence electrons. The Kier molecular flexibility index (Phi) is 5.93. The fourth-order valence-corrected chi connectivity index (χ4v) is 4.22. The van der Waals surface area contributed by atoms with Gasteiger partial charge in [0.2, 0.25) is 0 Å². The Morgan fingerprint density at radius 3 is 2.85 bits per heavy atom. The molecule has 0 aliphatic heterocycles. The van der Waals surface area contributed by atoms with Gasteiger partial charge in [-0.15, -0.1) is 17.9 Å². The summed E-state index contributed by atoms with van der Waals surface area (Å²) in [5.41, 5.74) is 1.68. The lowest BCUT2D eigenvalue weighted by atomic mass is 10.0. The number of aryl methyl sites for hydroxylation is 2. The number of carbonyl (C=O) groups is 1. The summed E-state index contributed by atoms with van der Waals surface area (Å²) < 4.78 is 10.9. The van der Waals surface area contributed by atoms with Gasteiger partial charge in [-0.3, -0.25) is 9.69 Å². The van der Waals surface area contributed by atoms with Gasteiger partial charge in [0.15, 0.2) is 16.6 Å². The molecular weight excluding hydrogens is 348 g/mol. The number of benzene rings is 1. The number of ether oxygens (including phenoxy) is 2. The number of hydrogen-bond acceptors (Lipinski definition) is 5. The minimum absolute atomic E-state index is 0.114. The molecule has 3 rings (SSSR count). The van der Waals surface area contributed by atoms with E-state index < -0.39 is 0 Å². The Bertz CT molecular complexity index is 777. The molecule has 2 aromatic rings. The molecule has 0 fully saturated rings. The van der Waals surface area contributed by atoms with Gasteiger partial charge in [0.05, 0.1) is 19.4 Å². The first-order valence-corrected chi connectivity index (χ1v) is 9.71. The van der Waals surface area contributed by atoms with Gasteiger partial charge < -0.3 is 9.47 Å². The zero-order chi connectivity index (χ0) is 18.5. The number of carbonyl (C=O) groups excluding carboxylic acids is 1. The second-order valence-corrected chi connectivity index (χ2v) is 7.14. The molecule has 0 unspecified atom stereocenters. The zero-order valence-electron chi connectivity index (χ0n) is 15.3. The predicted octanol–water partition coefficient (Wildman–Crippen LogP) is 4.26. The fraction of sp³-hybridized carbons (Fsp3) is 0.400. The molecule has 26 heavy (non-hydrogen) atoms. The van der Waals surface area contributed by atoms with Crippen LogP contribution in [0.1, 0.15) is 40.7 Å². The minimum Gasteiger partial charge on any atom is -0.493 e. The third-order valence-electron chi connectivity index (χ3n) is 4.33. The summed E-state index contributed by atoms with van der Waals surface area (Å²) in [6.45, 7) is 6.66. The van der Waals surface area contributed by atoms with E-state index in [1.165, 1.54) is 17.7 Å². The molecule has 0 bridgehead atoms. The lowest BCUT2D eigenvalue weighted by Crippen LogP contribution is -2.31. The smallest absolute Gasteiger partial charge is 0.260 e. The fourth-order valence-electron chi connectivity index (χ4n) is 3.06. The van der Waals surface area contributed by atoms with Crippen LogP contribution in [0.15, 0.2) is 30.9 Å². The molecule has 0 saturated carbocycles. The maximum absolute atomic E-state index is 13.1. The number of aromatic nitrogens is 1. The Hall–Kier alpha value is -2.34. The number of anilines is 1. The van der Waals surface area contributed by atoms with Crippen molar-refractivity contribution in [3.8, 4) is 11.5 Å². The number of nitrogens with zero attached hydrogens (tertiary/aromatic N) is 2.